The Kier molecular flexibility index (Phi) is 9.15. The zero-order valence-electron chi connectivity index (χ0n) is 18.6. The van der Waals surface area contributed by atoms with Crippen LogP contribution >= 0.6 is 0 Å². The number of rotatable bonds is 9. The molecule has 2 rings (SSSR count). The maximum absolute atomic E-state index is 12.5. The summed E-state index contributed by atoms with van der Waals surface area (Å²) in [5.74, 6) is 0.352. The maximum atomic E-state index is 12.5. The van der Waals surface area contributed by atoms with Crippen molar-refractivity contribution < 1.29 is 23.9 Å². The van der Waals surface area contributed by atoms with Crippen LogP contribution in [0.15, 0.2) is 24.3 Å². The van der Waals surface area contributed by atoms with Gasteiger partial charge in [-0.3, -0.25) is 14.4 Å². The first-order chi connectivity index (χ1) is 14.4. The van der Waals surface area contributed by atoms with E-state index in [1.807, 2.05) is 24.3 Å². The van der Waals surface area contributed by atoms with E-state index in [2.05, 4.69) is 13.8 Å². The highest BCUT2D eigenvalue weighted by Gasteiger charge is 2.29. The number of hydrogen-bond donors (Lipinski definition) is 0. The minimum atomic E-state index is -0.247. The van der Waals surface area contributed by atoms with Crippen LogP contribution in [-0.4, -0.2) is 67.5 Å². The van der Waals surface area contributed by atoms with Crippen LogP contribution in [0.2, 0.25) is 0 Å². The van der Waals surface area contributed by atoms with Gasteiger partial charge < -0.3 is 19.3 Å². The summed E-state index contributed by atoms with van der Waals surface area (Å²) in [6.45, 7) is 7.29. The molecule has 1 fully saturated rings. The standard InChI is InChI=1S/C23H34N2O5/c1-5-17(3)19-9-7-8-10-20(19)30-16-22(27)24(4)15-21(26)25-13-11-18(12-14-25)23(28)29-6-2/h7-10,17-18H,5-6,11-16H2,1-4H3. The Morgan fingerprint density at radius 3 is 2.47 bits per heavy atom. The van der Waals surface area contributed by atoms with E-state index in [-0.39, 0.29) is 36.9 Å². The molecule has 1 aliphatic heterocycles. The number of benzene rings is 1. The molecule has 1 atom stereocenters. The van der Waals surface area contributed by atoms with Crippen molar-refractivity contribution in [1.82, 2.24) is 9.80 Å². The summed E-state index contributed by atoms with van der Waals surface area (Å²) < 4.78 is 10.8. The average Bonchev–Trinajstić information content (AvgIpc) is 2.77. The van der Waals surface area contributed by atoms with Crippen molar-refractivity contribution in [3.63, 3.8) is 0 Å². The van der Waals surface area contributed by atoms with Crippen LogP contribution in [0, 0.1) is 5.92 Å². The van der Waals surface area contributed by atoms with Gasteiger partial charge in [-0.15, -0.1) is 0 Å². The van der Waals surface area contributed by atoms with Gasteiger partial charge in [0.05, 0.1) is 19.1 Å². The number of nitrogens with zero attached hydrogens (tertiary/aromatic N) is 2. The topological polar surface area (TPSA) is 76.2 Å². The second-order valence-corrected chi connectivity index (χ2v) is 7.79. The number of likely N-dealkylation sites (N-methyl/N-ethyl adjacent to an activating group) is 1. The molecule has 0 N–H and O–H groups in total. The number of ether oxygens (including phenoxy) is 2. The lowest BCUT2D eigenvalue weighted by molar-refractivity contribution is -0.151. The summed E-state index contributed by atoms with van der Waals surface area (Å²) in [5, 5.41) is 0. The molecule has 7 heteroatoms. The summed E-state index contributed by atoms with van der Waals surface area (Å²) in [5.41, 5.74) is 1.08. The first-order valence-corrected chi connectivity index (χ1v) is 10.8. The van der Waals surface area contributed by atoms with E-state index in [9.17, 15) is 14.4 Å². The third-order valence-corrected chi connectivity index (χ3v) is 5.68. The lowest BCUT2D eigenvalue weighted by Crippen LogP contribution is -2.46. The number of likely N-dealkylation sites (tertiary alicyclic amines) is 1. The summed E-state index contributed by atoms with van der Waals surface area (Å²) in [4.78, 5) is 39.9. The van der Waals surface area contributed by atoms with E-state index >= 15 is 0 Å². The normalized spacial score (nSPS) is 15.4. The summed E-state index contributed by atoms with van der Waals surface area (Å²) in [6.07, 6.45) is 2.17. The number of piperidine rings is 1. The van der Waals surface area contributed by atoms with Gasteiger partial charge in [0.1, 0.15) is 5.75 Å². The fourth-order valence-electron chi connectivity index (χ4n) is 3.50. The van der Waals surface area contributed by atoms with Crippen molar-refractivity contribution in [2.45, 2.75) is 46.0 Å². The van der Waals surface area contributed by atoms with Gasteiger partial charge in [0.2, 0.25) is 5.91 Å². The lowest BCUT2D eigenvalue weighted by Gasteiger charge is -2.32. The van der Waals surface area contributed by atoms with Gasteiger partial charge in [0, 0.05) is 20.1 Å². The van der Waals surface area contributed by atoms with Gasteiger partial charge in [-0.05, 0) is 43.7 Å². The molecule has 166 valence electrons. The lowest BCUT2D eigenvalue weighted by atomic mass is 9.97. The quantitative estimate of drug-likeness (QED) is 0.577. The molecule has 30 heavy (non-hydrogen) atoms. The molecule has 1 aliphatic rings. The molecule has 0 aromatic heterocycles. The first kappa shape index (κ1) is 23.7. The van der Waals surface area contributed by atoms with Crippen molar-refractivity contribution in [2.75, 3.05) is 39.9 Å². The van der Waals surface area contributed by atoms with Crippen molar-refractivity contribution in [3.05, 3.63) is 29.8 Å². The van der Waals surface area contributed by atoms with Crippen LogP contribution < -0.4 is 4.74 Å². The van der Waals surface area contributed by atoms with Crippen molar-refractivity contribution in [2.24, 2.45) is 5.92 Å². The van der Waals surface area contributed by atoms with Crippen molar-refractivity contribution in [3.8, 4) is 5.75 Å². The van der Waals surface area contributed by atoms with E-state index in [1.165, 1.54) is 4.90 Å². The highest BCUT2D eigenvalue weighted by Crippen LogP contribution is 2.28. The van der Waals surface area contributed by atoms with E-state index < -0.39 is 0 Å². The van der Waals surface area contributed by atoms with Gasteiger partial charge in [-0.1, -0.05) is 32.0 Å². The zero-order valence-corrected chi connectivity index (χ0v) is 18.6. The molecule has 0 radical (unpaired) electrons. The molecule has 1 saturated heterocycles. The van der Waals surface area contributed by atoms with E-state index in [0.29, 0.717) is 44.2 Å². The fourth-order valence-corrected chi connectivity index (χ4v) is 3.50. The number of carbonyl (C=O) groups is 3. The Morgan fingerprint density at radius 1 is 1.17 bits per heavy atom. The predicted octanol–water partition coefficient (Wildman–Crippen LogP) is 2.84. The van der Waals surface area contributed by atoms with Crippen LogP contribution in [0.5, 0.6) is 5.75 Å². The van der Waals surface area contributed by atoms with Gasteiger partial charge in [0.25, 0.3) is 5.91 Å². The number of amides is 2. The van der Waals surface area contributed by atoms with Crippen molar-refractivity contribution >= 4 is 17.8 Å². The average molecular weight is 419 g/mol. The van der Waals surface area contributed by atoms with E-state index in [0.717, 1.165) is 12.0 Å². The second kappa shape index (κ2) is 11.6. The van der Waals surface area contributed by atoms with Gasteiger partial charge in [-0.25, -0.2) is 0 Å². The van der Waals surface area contributed by atoms with Crippen LogP contribution in [0.25, 0.3) is 0 Å². The number of carbonyl (C=O) groups excluding carboxylic acids is 3. The van der Waals surface area contributed by atoms with Gasteiger partial charge in [0.15, 0.2) is 6.61 Å². The SMILES string of the molecule is CCOC(=O)C1CCN(C(=O)CN(C)C(=O)COc2ccccc2C(C)CC)CC1. The molecule has 0 saturated carbocycles. The largest absolute Gasteiger partial charge is 0.483 e. The Bertz CT molecular complexity index is 728. The molecular formula is C23H34N2O5. The third kappa shape index (κ3) is 6.47. The minimum Gasteiger partial charge on any atom is -0.483 e. The molecule has 0 bridgehead atoms. The highest BCUT2D eigenvalue weighted by molar-refractivity contribution is 5.85. The van der Waals surface area contributed by atoms with Gasteiger partial charge >= 0.3 is 5.97 Å². The Morgan fingerprint density at radius 2 is 1.83 bits per heavy atom. The van der Waals surface area contributed by atoms with Crippen molar-refractivity contribution in [1.29, 1.82) is 0 Å². The molecule has 7 nitrogen and oxygen atoms in total. The molecular weight excluding hydrogens is 384 g/mol. The van der Waals surface area contributed by atoms with E-state index in [1.54, 1.807) is 18.9 Å². The highest BCUT2D eigenvalue weighted by atomic mass is 16.5. The smallest absolute Gasteiger partial charge is 0.309 e. The summed E-state index contributed by atoms with van der Waals surface area (Å²) in [7, 11) is 1.61. The summed E-state index contributed by atoms with van der Waals surface area (Å²) in [6, 6.07) is 7.74. The molecule has 1 aromatic carbocycles. The fraction of sp³-hybridized carbons (Fsp3) is 0.609. The minimum absolute atomic E-state index is 0.000718. The molecule has 1 heterocycles. The molecule has 0 aliphatic carbocycles. The van der Waals surface area contributed by atoms with Crippen LogP contribution in [0.4, 0.5) is 0 Å². The molecule has 1 unspecified atom stereocenters. The van der Waals surface area contributed by atoms with Crippen LogP contribution in [0.3, 0.4) is 0 Å². The molecule has 0 spiro atoms. The van der Waals surface area contributed by atoms with E-state index in [4.69, 9.17) is 9.47 Å². The number of para-hydroxylation sites is 1. The Labute approximate surface area is 179 Å². The number of esters is 1. The third-order valence-electron chi connectivity index (χ3n) is 5.68. The molecule has 1 aromatic rings. The summed E-state index contributed by atoms with van der Waals surface area (Å²) >= 11 is 0. The van der Waals surface area contributed by atoms with Crippen LogP contribution in [-0.2, 0) is 19.1 Å². The van der Waals surface area contributed by atoms with Gasteiger partial charge in [-0.2, -0.15) is 0 Å². The maximum Gasteiger partial charge on any atom is 0.309 e. The first-order valence-electron chi connectivity index (χ1n) is 10.8. The number of hydrogen-bond acceptors (Lipinski definition) is 5. The zero-order chi connectivity index (χ0) is 22.1. The monoisotopic (exact) mass is 418 g/mol. The second-order valence-electron chi connectivity index (χ2n) is 7.79. The Balaban J connectivity index is 1.81. The predicted molar refractivity (Wildman–Crippen MR) is 114 cm³/mol. The van der Waals surface area contributed by atoms with Crippen LogP contribution in [0.1, 0.15) is 51.5 Å². The molecule has 2 amide bonds. The Hall–Kier alpha value is -2.57.